The number of likely N-dealkylation sites (N-methyl/N-ethyl adjacent to an activating group) is 1. The molecule has 1 aliphatic carbocycles. The smallest absolute Gasteiger partial charge is 0.317 e. The zero-order valence-corrected chi connectivity index (χ0v) is 16.1. The van der Waals surface area contributed by atoms with Crippen molar-refractivity contribution in [1.82, 2.24) is 15.5 Å². The molecule has 27 heavy (non-hydrogen) atoms. The molecule has 0 saturated heterocycles. The van der Waals surface area contributed by atoms with Gasteiger partial charge in [-0.1, -0.05) is 6.92 Å². The Balaban J connectivity index is 1.64. The van der Waals surface area contributed by atoms with Gasteiger partial charge in [0.05, 0.1) is 20.2 Å². The highest BCUT2D eigenvalue weighted by molar-refractivity contribution is 5.74. The van der Waals surface area contributed by atoms with Crippen LogP contribution in [-0.2, 0) is 4.79 Å². The SMILES string of the molecule is CCN(CC(=O)O)C1CC(NC(=O)NCC(C)Oc2ccc(OC)cc2)C1. The number of carbonyl (C=O) groups excluding carboxylic acids is 1. The van der Waals surface area contributed by atoms with Crippen molar-refractivity contribution in [3.05, 3.63) is 24.3 Å². The summed E-state index contributed by atoms with van der Waals surface area (Å²) in [5, 5.41) is 14.6. The number of amides is 2. The quantitative estimate of drug-likeness (QED) is 0.572. The Morgan fingerprint density at radius 1 is 1.26 bits per heavy atom. The number of aliphatic carboxylic acids is 1. The van der Waals surface area contributed by atoms with Crippen LogP contribution in [0.4, 0.5) is 4.79 Å². The Kier molecular flexibility index (Phi) is 7.72. The lowest BCUT2D eigenvalue weighted by atomic mass is 9.85. The molecule has 150 valence electrons. The zero-order valence-electron chi connectivity index (χ0n) is 16.1. The van der Waals surface area contributed by atoms with Crippen molar-refractivity contribution in [1.29, 1.82) is 0 Å². The van der Waals surface area contributed by atoms with Gasteiger partial charge in [-0.2, -0.15) is 0 Å². The van der Waals surface area contributed by atoms with Gasteiger partial charge in [0.15, 0.2) is 0 Å². The predicted octanol–water partition coefficient (Wildman–Crippen LogP) is 1.70. The number of carbonyl (C=O) groups is 2. The first-order valence-electron chi connectivity index (χ1n) is 9.22. The maximum absolute atomic E-state index is 12.0. The van der Waals surface area contributed by atoms with Crippen molar-refractivity contribution in [2.45, 2.75) is 44.9 Å². The lowest BCUT2D eigenvalue weighted by molar-refractivity contribution is -0.139. The fourth-order valence-corrected chi connectivity index (χ4v) is 3.08. The zero-order chi connectivity index (χ0) is 19.8. The first-order chi connectivity index (χ1) is 12.9. The Bertz CT molecular complexity index is 616. The highest BCUT2D eigenvalue weighted by Crippen LogP contribution is 2.25. The van der Waals surface area contributed by atoms with Crippen LogP contribution in [0.2, 0.25) is 0 Å². The highest BCUT2D eigenvalue weighted by Gasteiger charge is 2.34. The first kappa shape index (κ1) is 20.8. The maximum Gasteiger partial charge on any atom is 0.317 e. The summed E-state index contributed by atoms with van der Waals surface area (Å²) >= 11 is 0. The molecule has 0 heterocycles. The van der Waals surface area contributed by atoms with Crippen LogP contribution in [0, 0.1) is 0 Å². The van der Waals surface area contributed by atoms with Crippen LogP contribution >= 0.6 is 0 Å². The van der Waals surface area contributed by atoms with Crippen molar-refractivity contribution in [2.75, 3.05) is 26.7 Å². The molecule has 1 aliphatic rings. The number of carboxylic acid groups (broad SMARTS) is 1. The van der Waals surface area contributed by atoms with E-state index in [1.165, 1.54) is 0 Å². The van der Waals surface area contributed by atoms with E-state index in [9.17, 15) is 9.59 Å². The molecule has 1 unspecified atom stereocenters. The summed E-state index contributed by atoms with van der Waals surface area (Å²) in [7, 11) is 1.61. The second-order valence-corrected chi connectivity index (χ2v) is 6.74. The molecule has 2 amide bonds. The minimum absolute atomic E-state index is 0.0420. The summed E-state index contributed by atoms with van der Waals surface area (Å²) in [6.45, 7) is 4.94. The molecule has 2 rings (SSSR count). The number of hydrogen-bond acceptors (Lipinski definition) is 5. The molecule has 0 spiro atoms. The Morgan fingerprint density at radius 2 is 1.89 bits per heavy atom. The maximum atomic E-state index is 12.0. The van der Waals surface area contributed by atoms with Gasteiger partial charge in [0.25, 0.3) is 0 Å². The monoisotopic (exact) mass is 379 g/mol. The Morgan fingerprint density at radius 3 is 2.44 bits per heavy atom. The van der Waals surface area contributed by atoms with Crippen molar-refractivity contribution < 1.29 is 24.2 Å². The van der Waals surface area contributed by atoms with Gasteiger partial charge in [-0.25, -0.2) is 4.79 Å². The first-order valence-corrected chi connectivity index (χ1v) is 9.22. The molecule has 3 N–H and O–H groups in total. The predicted molar refractivity (Wildman–Crippen MR) is 101 cm³/mol. The van der Waals surface area contributed by atoms with Gasteiger partial charge in [0.2, 0.25) is 0 Å². The number of hydrogen-bond donors (Lipinski definition) is 3. The minimum Gasteiger partial charge on any atom is -0.497 e. The fraction of sp³-hybridized carbons (Fsp3) is 0.579. The average Bonchev–Trinajstić information content (AvgIpc) is 2.61. The molecule has 1 saturated carbocycles. The third-order valence-electron chi connectivity index (χ3n) is 4.66. The normalized spacial score (nSPS) is 19.7. The number of rotatable bonds is 10. The molecule has 0 aliphatic heterocycles. The van der Waals surface area contributed by atoms with Gasteiger partial charge < -0.3 is 25.2 Å². The van der Waals surface area contributed by atoms with E-state index in [4.69, 9.17) is 14.6 Å². The molecular weight excluding hydrogens is 350 g/mol. The number of nitrogens with zero attached hydrogens (tertiary/aromatic N) is 1. The van der Waals surface area contributed by atoms with Gasteiger partial charge in [-0.05, 0) is 50.6 Å². The molecule has 1 fully saturated rings. The van der Waals surface area contributed by atoms with E-state index in [1.807, 2.05) is 43.0 Å². The lowest BCUT2D eigenvalue weighted by Gasteiger charge is -2.42. The third-order valence-corrected chi connectivity index (χ3v) is 4.66. The van der Waals surface area contributed by atoms with Crippen LogP contribution in [0.15, 0.2) is 24.3 Å². The average molecular weight is 379 g/mol. The van der Waals surface area contributed by atoms with E-state index in [0.29, 0.717) is 18.8 Å². The summed E-state index contributed by atoms with van der Waals surface area (Å²) in [6, 6.07) is 7.34. The highest BCUT2D eigenvalue weighted by atomic mass is 16.5. The standard InChI is InChI=1S/C19H29N3O5/c1-4-22(12-18(23)24)15-9-14(10-15)21-19(25)20-11-13(2)27-17-7-5-16(26-3)6-8-17/h5-8,13-15H,4,9-12H2,1-3H3,(H,23,24)(H2,20,21,25). The van der Waals surface area contributed by atoms with Crippen LogP contribution in [-0.4, -0.2) is 66.9 Å². The molecule has 1 aromatic rings. The van der Waals surface area contributed by atoms with Crippen molar-refractivity contribution >= 4 is 12.0 Å². The van der Waals surface area contributed by atoms with Crippen LogP contribution in [0.5, 0.6) is 11.5 Å². The largest absolute Gasteiger partial charge is 0.497 e. The number of carboxylic acids is 1. The van der Waals surface area contributed by atoms with Gasteiger partial charge in [0.1, 0.15) is 17.6 Å². The number of benzene rings is 1. The second-order valence-electron chi connectivity index (χ2n) is 6.74. The minimum atomic E-state index is -0.822. The van der Waals surface area contributed by atoms with E-state index in [2.05, 4.69) is 10.6 Å². The van der Waals surface area contributed by atoms with E-state index in [-0.39, 0.29) is 30.8 Å². The number of urea groups is 1. The molecule has 0 radical (unpaired) electrons. The summed E-state index contributed by atoms with van der Waals surface area (Å²) < 4.78 is 10.9. The molecule has 8 heteroatoms. The third kappa shape index (κ3) is 6.63. The molecule has 0 bridgehead atoms. The van der Waals surface area contributed by atoms with Crippen LogP contribution in [0.1, 0.15) is 26.7 Å². The van der Waals surface area contributed by atoms with E-state index >= 15 is 0 Å². The van der Waals surface area contributed by atoms with Crippen LogP contribution in [0.3, 0.4) is 0 Å². The van der Waals surface area contributed by atoms with Gasteiger partial charge >= 0.3 is 12.0 Å². The number of ether oxygens (including phenoxy) is 2. The van der Waals surface area contributed by atoms with Gasteiger partial charge in [-0.15, -0.1) is 0 Å². The Hall–Kier alpha value is -2.48. The van der Waals surface area contributed by atoms with Crippen molar-refractivity contribution in [3.8, 4) is 11.5 Å². The Labute approximate surface area is 159 Å². The molecule has 8 nitrogen and oxygen atoms in total. The molecule has 0 aromatic heterocycles. The van der Waals surface area contributed by atoms with Crippen molar-refractivity contribution in [2.24, 2.45) is 0 Å². The van der Waals surface area contributed by atoms with Gasteiger partial charge in [0, 0.05) is 12.1 Å². The second kappa shape index (κ2) is 10.0. The summed E-state index contributed by atoms with van der Waals surface area (Å²) in [5.74, 6) is 0.651. The fourth-order valence-electron chi connectivity index (χ4n) is 3.08. The summed E-state index contributed by atoms with van der Waals surface area (Å²) in [6.07, 6.45) is 1.36. The molecular formula is C19H29N3O5. The topological polar surface area (TPSA) is 100 Å². The number of methoxy groups -OCH3 is 1. The van der Waals surface area contributed by atoms with E-state index in [0.717, 1.165) is 18.6 Å². The van der Waals surface area contributed by atoms with Crippen LogP contribution < -0.4 is 20.1 Å². The molecule has 1 atom stereocenters. The van der Waals surface area contributed by atoms with Crippen molar-refractivity contribution in [3.63, 3.8) is 0 Å². The summed E-state index contributed by atoms with van der Waals surface area (Å²) in [4.78, 5) is 24.8. The molecule has 1 aromatic carbocycles. The van der Waals surface area contributed by atoms with E-state index in [1.54, 1.807) is 7.11 Å². The summed E-state index contributed by atoms with van der Waals surface area (Å²) in [5.41, 5.74) is 0. The van der Waals surface area contributed by atoms with Crippen LogP contribution in [0.25, 0.3) is 0 Å². The number of nitrogens with one attached hydrogen (secondary N) is 2. The van der Waals surface area contributed by atoms with Gasteiger partial charge in [-0.3, -0.25) is 9.69 Å². The van der Waals surface area contributed by atoms with E-state index < -0.39 is 5.97 Å². The lowest BCUT2D eigenvalue weighted by Crippen LogP contribution is -2.56.